The average Bonchev–Trinajstić information content (AvgIpc) is 2.41. The maximum Gasteiger partial charge on any atom is 0.302 e. The van der Waals surface area contributed by atoms with Gasteiger partial charge in [0, 0.05) is 18.8 Å². The lowest BCUT2D eigenvalue weighted by Crippen LogP contribution is -2.46. The molecule has 3 aliphatic rings. The largest absolute Gasteiger partial charge is 0.463 e. The predicted octanol–water partition coefficient (Wildman–Crippen LogP) is 1.84. The molecule has 3 fully saturated rings. The zero-order chi connectivity index (χ0) is 10.7. The molecule has 3 atom stereocenters. The number of hydrogen-bond acceptors (Lipinski definition) is 3. The molecule has 0 aromatic carbocycles. The summed E-state index contributed by atoms with van der Waals surface area (Å²) in [6.45, 7) is 1.45. The molecule has 0 aromatic rings. The summed E-state index contributed by atoms with van der Waals surface area (Å²) in [7, 11) is 0. The Hall–Kier alpha value is -0.860. The summed E-state index contributed by atoms with van der Waals surface area (Å²) >= 11 is 0. The molecule has 3 aliphatic carbocycles. The monoisotopic (exact) mass is 208 g/mol. The first-order valence-electron chi connectivity index (χ1n) is 5.79. The van der Waals surface area contributed by atoms with E-state index in [9.17, 15) is 9.59 Å². The fourth-order valence-corrected chi connectivity index (χ4v) is 4.22. The number of rotatable bonds is 1. The number of ether oxygens (including phenoxy) is 1. The summed E-state index contributed by atoms with van der Waals surface area (Å²) in [4.78, 5) is 22.8. The Labute approximate surface area is 89.2 Å². The fraction of sp³-hybridized carbons (Fsp3) is 0.833. The van der Waals surface area contributed by atoms with E-state index < -0.39 is 0 Å². The highest BCUT2D eigenvalue weighted by atomic mass is 16.5. The molecule has 0 amide bonds. The van der Waals surface area contributed by atoms with Gasteiger partial charge in [-0.15, -0.1) is 0 Å². The predicted molar refractivity (Wildman–Crippen MR) is 53.1 cm³/mol. The molecule has 0 bridgehead atoms. The minimum Gasteiger partial charge on any atom is -0.463 e. The third-order valence-electron chi connectivity index (χ3n) is 4.94. The van der Waals surface area contributed by atoms with Crippen LogP contribution in [0.5, 0.6) is 0 Å². The van der Waals surface area contributed by atoms with Gasteiger partial charge < -0.3 is 4.74 Å². The molecule has 0 heterocycles. The van der Waals surface area contributed by atoms with Crippen molar-refractivity contribution < 1.29 is 14.3 Å². The normalized spacial score (nSPS) is 47.0. The van der Waals surface area contributed by atoms with Crippen molar-refractivity contribution in [3.05, 3.63) is 0 Å². The Bertz CT molecular complexity index is 349. The van der Waals surface area contributed by atoms with Gasteiger partial charge in [-0.25, -0.2) is 0 Å². The van der Waals surface area contributed by atoms with Gasteiger partial charge in [-0.05, 0) is 37.5 Å². The first-order chi connectivity index (χ1) is 7.08. The van der Waals surface area contributed by atoms with E-state index in [4.69, 9.17) is 4.74 Å². The molecule has 0 aromatic heterocycles. The molecule has 0 aliphatic heterocycles. The molecule has 0 saturated heterocycles. The highest BCUT2D eigenvalue weighted by molar-refractivity contribution is 5.90. The van der Waals surface area contributed by atoms with Crippen molar-refractivity contribution in [1.82, 2.24) is 0 Å². The van der Waals surface area contributed by atoms with Crippen LogP contribution in [0.2, 0.25) is 0 Å². The molecule has 3 saturated carbocycles. The standard InChI is InChI=1S/C12H16O3/c1-8(13)15-9-6-11-3-2-10(14)12(11,7-9)5-4-11/h9H,2-7H2,1H3/t9-,11+,12-/m0/s1. The molecule has 3 rings (SSSR count). The maximum atomic E-state index is 11.9. The lowest BCUT2D eigenvalue weighted by atomic mass is 9.53. The molecule has 3 heteroatoms. The maximum absolute atomic E-state index is 11.9. The summed E-state index contributed by atoms with van der Waals surface area (Å²) in [6.07, 6.45) is 5.72. The summed E-state index contributed by atoms with van der Waals surface area (Å²) in [5.41, 5.74) is 0.150. The van der Waals surface area contributed by atoms with Gasteiger partial charge in [-0.2, -0.15) is 0 Å². The van der Waals surface area contributed by atoms with Crippen molar-refractivity contribution in [3.63, 3.8) is 0 Å². The molecule has 82 valence electrons. The lowest BCUT2D eigenvalue weighted by molar-refractivity contribution is -0.147. The minimum atomic E-state index is -0.209. The van der Waals surface area contributed by atoms with Crippen LogP contribution in [0, 0.1) is 10.8 Å². The highest BCUT2D eigenvalue weighted by Crippen LogP contribution is 2.73. The van der Waals surface area contributed by atoms with Gasteiger partial charge in [0.15, 0.2) is 0 Å². The zero-order valence-electron chi connectivity index (χ0n) is 9.04. The summed E-state index contributed by atoms with van der Waals surface area (Å²) < 4.78 is 5.28. The Kier molecular flexibility index (Phi) is 1.64. The van der Waals surface area contributed by atoms with Crippen molar-refractivity contribution in [2.75, 3.05) is 0 Å². The quantitative estimate of drug-likeness (QED) is 0.617. The van der Waals surface area contributed by atoms with Crippen LogP contribution in [0.15, 0.2) is 0 Å². The second-order valence-corrected chi connectivity index (χ2v) is 5.43. The van der Waals surface area contributed by atoms with Crippen molar-refractivity contribution in [2.45, 2.75) is 51.6 Å². The Morgan fingerprint density at radius 1 is 1.33 bits per heavy atom. The van der Waals surface area contributed by atoms with Crippen LogP contribution in [-0.2, 0) is 14.3 Å². The van der Waals surface area contributed by atoms with Gasteiger partial charge in [0.05, 0.1) is 0 Å². The second-order valence-electron chi connectivity index (χ2n) is 5.43. The molecule has 15 heavy (non-hydrogen) atoms. The number of Topliss-reactive ketones (excluding diaryl/α,β-unsaturated/α-hetero) is 1. The van der Waals surface area contributed by atoms with Crippen LogP contribution in [0.3, 0.4) is 0 Å². The first kappa shape index (κ1) is 9.37. The van der Waals surface area contributed by atoms with Gasteiger partial charge in [0.25, 0.3) is 0 Å². The van der Waals surface area contributed by atoms with E-state index in [0.717, 1.165) is 38.5 Å². The van der Waals surface area contributed by atoms with E-state index >= 15 is 0 Å². The molecular weight excluding hydrogens is 192 g/mol. The molecule has 0 unspecified atom stereocenters. The lowest BCUT2D eigenvalue weighted by Gasteiger charge is -2.49. The minimum absolute atomic E-state index is 0.00856. The van der Waals surface area contributed by atoms with E-state index in [1.807, 2.05) is 0 Å². The molecule has 0 N–H and O–H groups in total. The summed E-state index contributed by atoms with van der Waals surface area (Å²) in [5.74, 6) is 0.225. The summed E-state index contributed by atoms with van der Waals surface area (Å²) in [5, 5.41) is 0. The second kappa shape index (κ2) is 2.63. The Morgan fingerprint density at radius 3 is 2.67 bits per heavy atom. The van der Waals surface area contributed by atoms with E-state index in [0.29, 0.717) is 5.78 Å². The van der Waals surface area contributed by atoms with Gasteiger partial charge in [-0.1, -0.05) is 0 Å². The summed E-state index contributed by atoms with van der Waals surface area (Å²) in [6, 6.07) is 0. The van der Waals surface area contributed by atoms with Crippen LogP contribution < -0.4 is 0 Å². The number of carbonyl (C=O) groups excluding carboxylic acids is 2. The molecular formula is C12H16O3. The van der Waals surface area contributed by atoms with Crippen LogP contribution in [0.25, 0.3) is 0 Å². The number of hydrogen-bond donors (Lipinski definition) is 0. The molecule has 3 nitrogen and oxygen atoms in total. The average molecular weight is 208 g/mol. The Balaban J connectivity index is 1.84. The van der Waals surface area contributed by atoms with Gasteiger partial charge >= 0.3 is 5.97 Å². The first-order valence-corrected chi connectivity index (χ1v) is 5.79. The number of ketones is 1. The van der Waals surface area contributed by atoms with Crippen molar-refractivity contribution in [3.8, 4) is 0 Å². The number of esters is 1. The third kappa shape index (κ3) is 0.963. The van der Waals surface area contributed by atoms with Gasteiger partial charge in [0.1, 0.15) is 11.9 Å². The van der Waals surface area contributed by atoms with Gasteiger partial charge in [0.2, 0.25) is 0 Å². The van der Waals surface area contributed by atoms with E-state index in [-0.39, 0.29) is 22.9 Å². The molecule has 0 spiro atoms. The van der Waals surface area contributed by atoms with Crippen LogP contribution in [0.4, 0.5) is 0 Å². The number of carbonyl (C=O) groups is 2. The van der Waals surface area contributed by atoms with Crippen LogP contribution in [0.1, 0.15) is 45.4 Å². The van der Waals surface area contributed by atoms with E-state index in [1.165, 1.54) is 6.92 Å². The van der Waals surface area contributed by atoms with E-state index in [1.54, 1.807) is 0 Å². The van der Waals surface area contributed by atoms with Crippen molar-refractivity contribution >= 4 is 11.8 Å². The fourth-order valence-electron chi connectivity index (χ4n) is 4.22. The zero-order valence-corrected chi connectivity index (χ0v) is 9.04. The van der Waals surface area contributed by atoms with Crippen molar-refractivity contribution in [1.29, 1.82) is 0 Å². The van der Waals surface area contributed by atoms with E-state index in [2.05, 4.69) is 0 Å². The SMILES string of the molecule is CC(=O)O[C@H]1C[C@]23CCC(=O)[C@]2(CC3)C1. The third-order valence-corrected chi connectivity index (χ3v) is 4.94. The van der Waals surface area contributed by atoms with Crippen LogP contribution >= 0.6 is 0 Å². The van der Waals surface area contributed by atoms with Crippen LogP contribution in [-0.4, -0.2) is 17.9 Å². The topological polar surface area (TPSA) is 43.4 Å². The van der Waals surface area contributed by atoms with Crippen molar-refractivity contribution in [2.24, 2.45) is 10.8 Å². The highest BCUT2D eigenvalue weighted by Gasteiger charge is 2.70. The van der Waals surface area contributed by atoms with Gasteiger partial charge in [-0.3, -0.25) is 9.59 Å². The smallest absolute Gasteiger partial charge is 0.302 e. The Morgan fingerprint density at radius 2 is 2.13 bits per heavy atom. The molecule has 0 radical (unpaired) electrons.